The van der Waals surface area contributed by atoms with Gasteiger partial charge in [0.15, 0.2) is 0 Å². The van der Waals surface area contributed by atoms with Crippen molar-refractivity contribution in [3.8, 4) is 11.5 Å². The molecule has 0 spiro atoms. The van der Waals surface area contributed by atoms with Gasteiger partial charge in [0.05, 0.1) is 25.0 Å². The molecule has 0 saturated carbocycles. The van der Waals surface area contributed by atoms with Crippen LogP contribution in [0.25, 0.3) is 0 Å². The van der Waals surface area contributed by atoms with Crippen LogP contribution in [0, 0.1) is 0 Å². The monoisotopic (exact) mass is 522 g/mol. The Morgan fingerprint density at radius 1 is 1.06 bits per heavy atom. The van der Waals surface area contributed by atoms with Gasteiger partial charge in [-0.05, 0) is 49.6 Å². The van der Waals surface area contributed by atoms with Gasteiger partial charge in [0.1, 0.15) is 23.7 Å². The molecule has 10 heteroatoms. The van der Waals surface area contributed by atoms with Gasteiger partial charge in [0.2, 0.25) is 15.9 Å². The molecule has 35 heavy (non-hydrogen) atoms. The van der Waals surface area contributed by atoms with Crippen molar-refractivity contribution >= 4 is 27.5 Å². The highest BCUT2D eigenvalue weighted by atomic mass is 35.5. The highest BCUT2D eigenvalue weighted by molar-refractivity contribution is 7.89. The van der Waals surface area contributed by atoms with Gasteiger partial charge in [0, 0.05) is 37.3 Å². The number of morpholine rings is 1. The Balaban J connectivity index is 1.59. The minimum Gasteiger partial charge on any atom is -0.497 e. The zero-order valence-electron chi connectivity index (χ0n) is 19.8. The molecule has 1 atom stereocenters. The zero-order valence-corrected chi connectivity index (χ0v) is 21.4. The molecule has 0 aliphatic carbocycles. The summed E-state index contributed by atoms with van der Waals surface area (Å²) in [7, 11) is -2.35. The first kappa shape index (κ1) is 25.8. The molecule has 2 heterocycles. The van der Waals surface area contributed by atoms with Crippen LogP contribution in [-0.4, -0.2) is 75.6 Å². The fraction of sp³-hybridized carbons (Fsp3) is 0.480. The number of amides is 1. The summed E-state index contributed by atoms with van der Waals surface area (Å²) in [5.41, 5.74) is -1.14. The second-order valence-corrected chi connectivity index (χ2v) is 11.3. The molecule has 0 radical (unpaired) electrons. The molecule has 0 N–H and O–H groups in total. The lowest BCUT2D eigenvalue weighted by Crippen LogP contribution is -2.58. The minimum atomic E-state index is -3.84. The summed E-state index contributed by atoms with van der Waals surface area (Å²) in [5, 5.41) is 0.521. The fourth-order valence-electron chi connectivity index (χ4n) is 4.47. The van der Waals surface area contributed by atoms with E-state index in [2.05, 4.69) is 0 Å². The van der Waals surface area contributed by atoms with Crippen LogP contribution in [0.15, 0.2) is 53.4 Å². The Hall–Kier alpha value is -2.33. The Kier molecular flexibility index (Phi) is 8.21. The summed E-state index contributed by atoms with van der Waals surface area (Å²) in [6, 6.07) is 13.3. The first-order valence-corrected chi connectivity index (χ1v) is 13.6. The summed E-state index contributed by atoms with van der Waals surface area (Å²) in [5.74, 6) is 0.925. The van der Waals surface area contributed by atoms with E-state index < -0.39 is 15.6 Å². The second-order valence-electron chi connectivity index (χ2n) is 8.91. The number of benzene rings is 2. The molecular formula is C25H31ClN2O6S. The van der Waals surface area contributed by atoms with E-state index in [1.54, 1.807) is 36.4 Å². The van der Waals surface area contributed by atoms with Crippen LogP contribution in [0.2, 0.25) is 5.02 Å². The Morgan fingerprint density at radius 2 is 1.80 bits per heavy atom. The molecule has 2 aliphatic rings. The lowest BCUT2D eigenvalue weighted by Gasteiger charge is -2.42. The predicted octanol–water partition coefficient (Wildman–Crippen LogP) is 3.59. The summed E-state index contributed by atoms with van der Waals surface area (Å²) in [6.45, 7) is 1.74. The fourth-order valence-corrected chi connectivity index (χ4v) is 6.19. The van der Waals surface area contributed by atoms with Gasteiger partial charge in [-0.15, -0.1) is 0 Å². The average Bonchev–Trinajstić information content (AvgIpc) is 2.88. The van der Waals surface area contributed by atoms with Gasteiger partial charge in [-0.2, -0.15) is 4.31 Å². The van der Waals surface area contributed by atoms with Crippen molar-refractivity contribution < 1.29 is 27.4 Å². The summed E-state index contributed by atoms with van der Waals surface area (Å²) >= 11 is 6.09. The number of hydrogen-bond donors (Lipinski definition) is 0. The van der Waals surface area contributed by atoms with Crippen LogP contribution in [0.1, 0.15) is 25.7 Å². The average molecular weight is 523 g/mol. The molecule has 0 bridgehead atoms. The third kappa shape index (κ3) is 6.27. The van der Waals surface area contributed by atoms with E-state index in [9.17, 15) is 13.2 Å². The van der Waals surface area contributed by atoms with Gasteiger partial charge in [-0.1, -0.05) is 23.7 Å². The standard InChI is InChI=1S/C25H31ClN2O6S/c1-32-21-8-6-10-23(16-21)35(30,31)28-13-14-34-25(18-28,17-24(29)27-11-3-2-4-12-27)19-33-22-9-5-7-20(26)15-22/h5-10,15-16H,2-4,11-14,17-19H2,1H3. The molecule has 2 aromatic carbocycles. The molecule has 2 aromatic rings. The number of hydrogen-bond acceptors (Lipinski definition) is 6. The van der Waals surface area contributed by atoms with Crippen LogP contribution in [0.3, 0.4) is 0 Å². The van der Waals surface area contributed by atoms with E-state index in [0.29, 0.717) is 29.6 Å². The highest BCUT2D eigenvalue weighted by Crippen LogP contribution is 2.30. The van der Waals surface area contributed by atoms with Crippen LogP contribution in [0.5, 0.6) is 11.5 Å². The molecular weight excluding hydrogens is 492 g/mol. The molecule has 0 aromatic heterocycles. The number of carbonyl (C=O) groups excluding carboxylic acids is 1. The van der Waals surface area contributed by atoms with E-state index in [1.807, 2.05) is 4.90 Å². The van der Waals surface area contributed by atoms with Crippen LogP contribution < -0.4 is 9.47 Å². The minimum absolute atomic E-state index is 0.00725. The first-order chi connectivity index (χ1) is 16.8. The Labute approximate surface area is 211 Å². The van der Waals surface area contributed by atoms with E-state index in [4.69, 9.17) is 25.8 Å². The summed E-state index contributed by atoms with van der Waals surface area (Å²) in [4.78, 5) is 15.2. The lowest BCUT2D eigenvalue weighted by molar-refractivity contribution is -0.151. The molecule has 8 nitrogen and oxygen atoms in total. The molecule has 2 aliphatic heterocycles. The van der Waals surface area contributed by atoms with Crippen molar-refractivity contribution in [2.75, 3.05) is 46.5 Å². The van der Waals surface area contributed by atoms with Crippen molar-refractivity contribution in [1.29, 1.82) is 0 Å². The number of carbonyl (C=O) groups is 1. The number of likely N-dealkylation sites (tertiary alicyclic amines) is 1. The van der Waals surface area contributed by atoms with Crippen molar-refractivity contribution in [2.24, 2.45) is 0 Å². The smallest absolute Gasteiger partial charge is 0.243 e. The van der Waals surface area contributed by atoms with E-state index in [1.165, 1.54) is 23.5 Å². The topological polar surface area (TPSA) is 85.4 Å². The quantitative estimate of drug-likeness (QED) is 0.526. The van der Waals surface area contributed by atoms with Gasteiger partial charge in [0.25, 0.3) is 0 Å². The van der Waals surface area contributed by atoms with Gasteiger partial charge in [-0.25, -0.2) is 8.42 Å². The Bertz CT molecular complexity index is 1140. The van der Waals surface area contributed by atoms with Crippen LogP contribution in [0.4, 0.5) is 0 Å². The molecule has 4 rings (SSSR count). The van der Waals surface area contributed by atoms with Gasteiger partial charge < -0.3 is 19.1 Å². The van der Waals surface area contributed by atoms with E-state index >= 15 is 0 Å². The predicted molar refractivity (Wildman–Crippen MR) is 132 cm³/mol. The first-order valence-electron chi connectivity index (χ1n) is 11.8. The van der Waals surface area contributed by atoms with E-state index in [-0.39, 0.29) is 43.5 Å². The maximum Gasteiger partial charge on any atom is 0.243 e. The molecule has 2 saturated heterocycles. The molecule has 1 amide bonds. The number of piperidine rings is 1. The number of rotatable bonds is 8. The zero-order chi connectivity index (χ0) is 24.9. The summed E-state index contributed by atoms with van der Waals surface area (Å²) in [6.07, 6.45) is 3.07. The van der Waals surface area contributed by atoms with Gasteiger partial charge >= 0.3 is 0 Å². The molecule has 1 unspecified atom stereocenters. The van der Waals surface area contributed by atoms with Crippen LogP contribution >= 0.6 is 11.6 Å². The van der Waals surface area contributed by atoms with E-state index in [0.717, 1.165) is 19.3 Å². The molecule has 2 fully saturated rings. The second kappa shape index (κ2) is 11.2. The number of halogens is 1. The summed E-state index contributed by atoms with van der Waals surface area (Å²) < 4.78 is 45.7. The number of methoxy groups -OCH3 is 1. The van der Waals surface area contributed by atoms with Gasteiger partial charge in [-0.3, -0.25) is 4.79 Å². The third-order valence-electron chi connectivity index (χ3n) is 6.37. The number of sulfonamides is 1. The SMILES string of the molecule is COc1cccc(S(=O)(=O)N2CCOC(COc3cccc(Cl)c3)(CC(=O)N3CCCCC3)C2)c1. The number of ether oxygens (including phenoxy) is 3. The van der Waals surface area contributed by atoms with Crippen LogP contribution in [-0.2, 0) is 19.6 Å². The maximum atomic E-state index is 13.5. The molecule has 190 valence electrons. The normalized spacial score (nSPS) is 21.5. The van der Waals surface area contributed by atoms with Crippen molar-refractivity contribution in [2.45, 2.75) is 36.2 Å². The largest absolute Gasteiger partial charge is 0.497 e. The highest BCUT2D eigenvalue weighted by Gasteiger charge is 2.44. The lowest BCUT2D eigenvalue weighted by atomic mass is 9.97. The number of nitrogens with zero attached hydrogens (tertiary/aromatic N) is 2. The van der Waals surface area contributed by atoms with Crippen molar-refractivity contribution in [1.82, 2.24) is 9.21 Å². The van der Waals surface area contributed by atoms with Crippen molar-refractivity contribution in [3.63, 3.8) is 0 Å². The third-order valence-corrected chi connectivity index (χ3v) is 8.45. The maximum absolute atomic E-state index is 13.5. The van der Waals surface area contributed by atoms with Crippen molar-refractivity contribution in [3.05, 3.63) is 53.6 Å². The Morgan fingerprint density at radius 3 is 2.54 bits per heavy atom.